The summed E-state index contributed by atoms with van der Waals surface area (Å²) in [6.45, 7) is 8.18. The van der Waals surface area contributed by atoms with Gasteiger partial charge in [0, 0.05) is 46.5 Å². The molecule has 1 aromatic rings. The van der Waals surface area contributed by atoms with E-state index in [0.717, 1.165) is 7.11 Å². The van der Waals surface area contributed by atoms with E-state index in [4.69, 9.17) is 23.4 Å². The lowest BCUT2D eigenvalue weighted by molar-refractivity contribution is -0.260. The van der Waals surface area contributed by atoms with Gasteiger partial charge < -0.3 is 33.6 Å². The smallest absolute Gasteiger partial charge is 0.335 e. The van der Waals surface area contributed by atoms with Crippen molar-refractivity contribution < 1.29 is 52.8 Å². The second-order valence-electron chi connectivity index (χ2n) is 13.3. The Morgan fingerprint density at radius 1 is 1.15 bits per heavy atom. The summed E-state index contributed by atoms with van der Waals surface area (Å²) in [5.74, 6) is -4.92. The molecule has 11 nitrogen and oxygen atoms in total. The molecule has 0 amide bonds. The van der Waals surface area contributed by atoms with Gasteiger partial charge in [-0.1, -0.05) is 27.7 Å². The highest BCUT2D eigenvalue weighted by Gasteiger charge is 2.91. The lowest BCUT2D eigenvalue weighted by atomic mass is 9.36. The number of hydrogen-bond acceptors (Lipinski definition) is 11. The van der Waals surface area contributed by atoms with Gasteiger partial charge in [-0.05, 0) is 18.9 Å². The SMILES string of the molecule is COC(=O)[C@H](O)[C@H]1C(C)(C)[C@H](OC(C)=O)[C@@]2(O)C(=O)[C@]1(C)[C@H]1CC[C@]3(C)[C@@H](CC(=O)O[C@H]3c3ccoc3)[C@]13O[C@H]23. The van der Waals surface area contributed by atoms with Gasteiger partial charge in [0.1, 0.15) is 23.9 Å². The summed E-state index contributed by atoms with van der Waals surface area (Å²) in [6, 6.07) is 1.75. The van der Waals surface area contributed by atoms with Gasteiger partial charge in [-0.25, -0.2) is 4.79 Å². The third kappa shape index (κ3) is 3.01. The molecule has 11 atom stereocenters. The summed E-state index contributed by atoms with van der Waals surface area (Å²) in [6.07, 6.45) is -0.893. The Kier molecular flexibility index (Phi) is 5.60. The Labute approximate surface area is 231 Å². The van der Waals surface area contributed by atoms with E-state index in [-0.39, 0.29) is 6.42 Å². The minimum absolute atomic E-state index is 0.00987. The molecular formula is C29H36O11. The average molecular weight is 561 g/mol. The highest BCUT2D eigenvalue weighted by atomic mass is 16.6. The lowest BCUT2D eigenvalue weighted by Crippen LogP contribution is -2.81. The van der Waals surface area contributed by atoms with E-state index in [9.17, 15) is 29.4 Å². The molecule has 6 rings (SSSR count). The molecule has 2 saturated heterocycles. The van der Waals surface area contributed by atoms with Crippen LogP contribution in [-0.2, 0) is 38.1 Å². The fourth-order valence-electron chi connectivity index (χ4n) is 9.80. The zero-order chi connectivity index (χ0) is 29.2. The molecule has 3 aliphatic carbocycles. The summed E-state index contributed by atoms with van der Waals surface area (Å²) in [5.41, 5.74) is -6.16. The molecular weight excluding hydrogens is 524 g/mol. The molecule has 11 heteroatoms. The van der Waals surface area contributed by atoms with Crippen molar-refractivity contribution >= 4 is 23.7 Å². The largest absolute Gasteiger partial charge is 0.472 e. The van der Waals surface area contributed by atoms with Crippen LogP contribution in [0.3, 0.4) is 0 Å². The standard InChI is InChI=1S/C29H36O11/c1-13(30)38-23-25(2,3)19(18(32)21(33)36-6)27(5)15-7-9-26(4)16(29(15)24(40-29)28(23,35)22(27)34)11-17(31)39-20(26)14-8-10-37-12-14/h8,10,12,15-16,18-20,23-24,32,35H,7,9,11H2,1-6H3/t15-,16-,18-,19+,20+,23+,24-,26-,27-,28+,29-/m1/s1. The number of ketones is 1. The van der Waals surface area contributed by atoms with Crippen LogP contribution in [0.4, 0.5) is 0 Å². The van der Waals surface area contributed by atoms with Crippen LogP contribution >= 0.6 is 0 Å². The fraction of sp³-hybridized carbons (Fsp3) is 0.724. The van der Waals surface area contributed by atoms with Crippen molar-refractivity contribution in [3.05, 3.63) is 24.2 Å². The summed E-state index contributed by atoms with van der Waals surface area (Å²) in [7, 11) is 1.14. The molecule has 1 aromatic heterocycles. The van der Waals surface area contributed by atoms with Crippen LogP contribution in [0.2, 0.25) is 0 Å². The van der Waals surface area contributed by atoms with Gasteiger partial charge >= 0.3 is 17.9 Å². The van der Waals surface area contributed by atoms with E-state index in [0.29, 0.717) is 18.4 Å². The number of aliphatic hydroxyl groups is 2. The Balaban J connectivity index is 1.56. The summed E-state index contributed by atoms with van der Waals surface area (Å²) >= 11 is 0. The lowest BCUT2D eigenvalue weighted by Gasteiger charge is -2.67. The van der Waals surface area contributed by atoms with Crippen molar-refractivity contribution in [3.8, 4) is 0 Å². The Morgan fingerprint density at radius 3 is 2.45 bits per heavy atom. The summed E-state index contributed by atoms with van der Waals surface area (Å²) in [5, 5.41) is 23.8. The van der Waals surface area contributed by atoms with Gasteiger partial charge in [0.2, 0.25) is 0 Å². The molecule has 0 radical (unpaired) electrons. The van der Waals surface area contributed by atoms with Crippen LogP contribution in [0, 0.1) is 34.0 Å². The number of hydrogen-bond donors (Lipinski definition) is 2. The van der Waals surface area contributed by atoms with E-state index >= 15 is 0 Å². The van der Waals surface area contributed by atoms with Crippen LogP contribution in [-0.4, -0.2) is 70.5 Å². The van der Waals surface area contributed by atoms with Crippen LogP contribution in [0.1, 0.15) is 65.5 Å². The number of aliphatic hydroxyl groups excluding tert-OH is 1. The van der Waals surface area contributed by atoms with Crippen LogP contribution in [0.15, 0.2) is 23.0 Å². The van der Waals surface area contributed by atoms with Crippen molar-refractivity contribution in [2.75, 3.05) is 7.11 Å². The van der Waals surface area contributed by atoms with Crippen LogP contribution < -0.4 is 0 Å². The monoisotopic (exact) mass is 560 g/mol. The van der Waals surface area contributed by atoms with E-state index < -0.39 is 93.3 Å². The third-order valence-electron chi connectivity index (χ3n) is 11.1. The first kappa shape index (κ1) is 27.4. The first-order valence-corrected chi connectivity index (χ1v) is 13.7. The predicted octanol–water partition coefficient (Wildman–Crippen LogP) is 1.88. The molecule has 3 heterocycles. The molecule has 2 aliphatic heterocycles. The number of ether oxygens (including phenoxy) is 4. The van der Waals surface area contributed by atoms with Gasteiger partial charge in [0.25, 0.3) is 0 Å². The molecule has 2 N–H and O–H groups in total. The van der Waals surface area contributed by atoms with E-state index in [1.54, 1.807) is 26.8 Å². The maximum Gasteiger partial charge on any atom is 0.335 e. The normalized spacial score (nSPS) is 47.1. The minimum Gasteiger partial charge on any atom is -0.472 e. The third-order valence-corrected chi connectivity index (χ3v) is 11.1. The van der Waals surface area contributed by atoms with Gasteiger partial charge in [-0.3, -0.25) is 14.4 Å². The van der Waals surface area contributed by atoms with Gasteiger partial charge in [0.15, 0.2) is 17.5 Å². The minimum atomic E-state index is -2.28. The second kappa shape index (κ2) is 8.17. The highest BCUT2D eigenvalue weighted by Crippen LogP contribution is 2.78. The van der Waals surface area contributed by atoms with Crippen molar-refractivity contribution in [1.82, 2.24) is 0 Å². The number of esters is 3. The quantitative estimate of drug-likeness (QED) is 0.314. The molecule has 5 aliphatic rings. The average Bonchev–Trinajstić information content (AvgIpc) is 3.37. The maximum atomic E-state index is 14.5. The Bertz CT molecular complexity index is 1290. The molecule has 3 saturated carbocycles. The predicted molar refractivity (Wildman–Crippen MR) is 133 cm³/mol. The number of fused-ring (bicyclic) bond motifs is 5. The second-order valence-corrected chi connectivity index (χ2v) is 13.3. The highest BCUT2D eigenvalue weighted by molar-refractivity contribution is 5.99. The molecule has 0 unspecified atom stereocenters. The zero-order valence-corrected chi connectivity index (χ0v) is 23.5. The van der Waals surface area contributed by atoms with Crippen molar-refractivity contribution in [2.24, 2.45) is 34.0 Å². The number of furan rings is 1. The number of epoxide rings is 1. The van der Waals surface area contributed by atoms with E-state index in [1.165, 1.54) is 19.5 Å². The maximum absolute atomic E-state index is 14.5. The molecule has 1 spiro atoms. The van der Waals surface area contributed by atoms with Gasteiger partial charge in [-0.15, -0.1) is 0 Å². The van der Waals surface area contributed by atoms with E-state index in [1.807, 2.05) is 6.92 Å². The summed E-state index contributed by atoms with van der Waals surface area (Å²) in [4.78, 5) is 52.7. The molecule has 218 valence electrons. The number of cyclic esters (lactones) is 1. The molecule has 40 heavy (non-hydrogen) atoms. The topological polar surface area (TPSA) is 162 Å². The fourth-order valence-corrected chi connectivity index (χ4v) is 9.80. The Hall–Kier alpha value is -2.76. The van der Waals surface area contributed by atoms with Gasteiger partial charge in [0.05, 0.1) is 26.1 Å². The summed E-state index contributed by atoms with van der Waals surface area (Å²) < 4.78 is 28.2. The zero-order valence-electron chi connectivity index (χ0n) is 23.5. The first-order chi connectivity index (χ1) is 18.6. The number of carbonyl (C=O) groups is 4. The molecule has 2 bridgehead atoms. The van der Waals surface area contributed by atoms with Crippen molar-refractivity contribution in [1.29, 1.82) is 0 Å². The number of Topliss-reactive ketones (excluding diaryl/α,β-unsaturated/α-hetero) is 1. The van der Waals surface area contributed by atoms with E-state index in [2.05, 4.69) is 0 Å². The van der Waals surface area contributed by atoms with Gasteiger partial charge in [-0.2, -0.15) is 0 Å². The Morgan fingerprint density at radius 2 is 1.85 bits per heavy atom. The molecule has 5 fully saturated rings. The van der Waals surface area contributed by atoms with Crippen molar-refractivity contribution in [2.45, 2.75) is 89.5 Å². The molecule has 0 aromatic carbocycles. The first-order valence-electron chi connectivity index (χ1n) is 13.7. The van der Waals surface area contributed by atoms with Crippen LogP contribution in [0.5, 0.6) is 0 Å². The number of carbonyl (C=O) groups excluding carboxylic acids is 4. The van der Waals surface area contributed by atoms with Crippen LogP contribution in [0.25, 0.3) is 0 Å². The van der Waals surface area contributed by atoms with Crippen molar-refractivity contribution in [3.63, 3.8) is 0 Å². The number of methoxy groups -OCH3 is 1. The number of rotatable bonds is 4.